The molecule has 0 fully saturated rings. The van der Waals surface area contributed by atoms with E-state index in [0.717, 1.165) is 6.20 Å². The van der Waals surface area contributed by atoms with Gasteiger partial charge in [-0.2, -0.15) is 13.2 Å². The molecule has 3 aromatic rings. The molecule has 0 spiro atoms. The quantitative estimate of drug-likeness (QED) is 0.786. The van der Waals surface area contributed by atoms with Gasteiger partial charge in [0, 0.05) is 12.4 Å². The molecule has 0 atom stereocenters. The van der Waals surface area contributed by atoms with E-state index in [1.165, 1.54) is 29.1 Å². The Morgan fingerprint density at radius 2 is 1.81 bits per heavy atom. The van der Waals surface area contributed by atoms with Crippen LogP contribution in [0.15, 0.2) is 36.9 Å². The van der Waals surface area contributed by atoms with Crippen molar-refractivity contribution in [3.8, 4) is 0 Å². The van der Waals surface area contributed by atoms with E-state index in [-0.39, 0.29) is 11.6 Å². The number of alkyl halides is 3. The number of halogens is 4. The van der Waals surface area contributed by atoms with Crippen LogP contribution in [0.1, 0.15) is 5.69 Å². The fraction of sp³-hybridized carbons (Fsp3) is 0.0833. The number of aromatic nitrogens is 4. The minimum absolute atomic E-state index is 0.199. The van der Waals surface area contributed by atoms with Crippen LogP contribution in [0.4, 0.5) is 24.8 Å². The highest BCUT2D eigenvalue weighted by molar-refractivity contribution is 6.30. The third-order valence-electron chi connectivity index (χ3n) is 2.62. The lowest BCUT2D eigenvalue weighted by Gasteiger charge is -2.04. The molecule has 1 N–H and O–H groups in total. The summed E-state index contributed by atoms with van der Waals surface area (Å²) >= 11 is 5.67. The van der Waals surface area contributed by atoms with Gasteiger partial charge in [0.15, 0.2) is 5.69 Å². The average Bonchev–Trinajstić information content (AvgIpc) is 2.84. The standard InChI is InChI=1S/C12H7ClF3N5/c13-7-3-17-11(18-4-7)19-8-1-2-10-20-9(12(14,15)16)6-21(10)5-8/h1-6H,(H,17,18,19). The Morgan fingerprint density at radius 3 is 2.48 bits per heavy atom. The summed E-state index contributed by atoms with van der Waals surface area (Å²) in [5.74, 6) is 0.287. The number of rotatable bonds is 2. The summed E-state index contributed by atoms with van der Waals surface area (Å²) < 4.78 is 39.0. The molecule has 0 saturated heterocycles. The lowest BCUT2D eigenvalue weighted by molar-refractivity contribution is -0.140. The van der Waals surface area contributed by atoms with Gasteiger partial charge in [-0.15, -0.1) is 0 Å². The first-order chi connectivity index (χ1) is 9.91. The zero-order valence-corrected chi connectivity index (χ0v) is 11.0. The second-order valence-corrected chi connectivity index (χ2v) is 4.59. The first kappa shape index (κ1) is 13.6. The highest BCUT2D eigenvalue weighted by atomic mass is 35.5. The Kier molecular flexibility index (Phi) is 3.17. The molecule has 0 bridgehead atoms. The van der Waals surface area contributed by atoms with Gasteiger partial charge in [0.2, 0.25) is 5.95 Å². The number of nitrogens with one attached hydrogen (secondary N) is 1. The first-order valence-corrected chi connectivity index (χ1v) is 6.10. The van der Waals surface area contributed by atoms with Gasteiger partial charge in [-0.25, -0.2) is 15.0 Å². The van der Waals surface area contributed by atoms with Gasteiger partial charge in [0.05, 0.1) is 23.1 Å². The van der Waals surface area contributed by atoms with Gasteiger partial charge in [0.1, 0.15) is 5.65 Å². The fourth-order valence-electron chi connectivity index (χ4n) is 1.71. The lowest BCUT2D eigenvalue weighted by Crippen LogP contribution is -2.04. The SMILES string of the molecule is FC(F)(F)c1cn2cc(Nc3ncc(Cl)cn3)ccc2n1. The normalized spacial score (nSPS) is 11.8. The van der Waals surface area contributed by atoms with E-state index < -0.39 is 11.9 Å². The van der Waals surface area contributed by atoms with Crippen LogP contribution < -0.4 is 5.32 Å². The third kappa shape index (κ3) is 2.89. The number of nitrogens with zero attached hydrogens (tertiary/aromatic N) is 4. The molecule has 21 heavy (non-hydrogen) atoms. The van der Waals surface area contributed by atoms with Gasteiger partial charge in [0.25, 0.3) is 0 Å². The highest BCUT2D eigenvalue weighted by Gasteiger charge is 2.33. The minimum atomic E-state index is -4.47. The highest BCUT2D eigenvalue weighted by Crippen LogP contribution is 2.28. The maximum absolute atomic E-state index is 12.6. The minimum Gasteiger partial charge on any atom is -0.323 e. The number of pyridine rings is 1. The summed E-state index contributed by atoms with van der Waals surface area (Å²) in [5, 5.41) is 3.25. The molecule has 0 aliphatic carbocycles. The van der Waals surface area contributed by atoms with E-state index in [0.29, 0.717) is 10.7 Å². The number of fused-ring (bicyclic) bond motifs is 1. The predicted molar refractivity (Wildman–Crippen MR) is 70.5 cm³/mol. The maximum atomic E-state index is 12.6. The molecule has 0 radical (unpaired) electrons. The molecular weight excluding hydrogens is 307 g/mol. The molecule has 9 heteroatoms. The van der Waals surface area contributed by atoms with Crippen molar-refractivity contribution in [3.05, 3.63) is 47.6 Å². The first-order valence-electron chi connectivity index (χ1n) is 5.72. The average molecular weight is 314 g/mol. The van der Waals surface area contributed by atoms with Gasteiger partial charge in [-0.05, 0) is 12.1 Å². The molecule has 108 valence electrons. The largest absolute Gasteiger partial charge is 0.434 e. The molecule has 5 nitrogen and oxygen atoms in total. The Labute approximate surface area is 121 Å². The van der Waals surface area contributed by atoms with Gasteiger partial charge >= 0.3 is 6.18 Å². The van der Waals surface area contributed by atoms with Crippen molar-refractivity contribution in [2.75, 3.05) is 5.32 Å². The zero-order chi connectivity index (χ0) is 15.0. The summed E-state index contributed by atoms with van der Waals surface area (Å²) in [6.45, 7) is 0. The number of hydrogen-bond donors (Lipinski definition) is 1. The van der Waals surface area contributed by atoms with E-state index in [1.54, 1.807) is 6.07 Å². The van der Waals surface area contributed by atoms with Crippen LogP contribution in [-0.2, 0) is 6.18 Å². The fourth-order valence-corrected chi connectivity index (χ4v) is 1.81. The van der Waals surface area contributed by atoms with Crippen LogP contribution in [0.3, 0.4) is 0 Å². The van der Waals surface area contributed by atoms with Crippen LogP contribution in [0, 0.1) is 0 Å². The van der Waals surface area contributed by atoms with Crippen molar-refractivity contribution in [2.45, 2.75) is 6.18 Å². The van der Waals surface area contributed by atoms with Crippen LogP contribution >= 0.6 is 11.6 Å². The Hall–Kier alpha value is -2.35. The van der Waals surface area contributed by atoms with Gasteiger partial charge in [-0.1, -0.05) is 11.6 Å². The summed E-state index contributed by atoms with van der Waals surface area (Å²) in [7, 11) is 0. The van der Waals surface area contributed by atoms with Crippen LogP contribution in [0.5, 0.6) is 0 Å². The van der Waals surface area contributed by atoms with Crippen molar-refractivity contribution in [3.63, 3.8) is 0 Å². The third-order valence-corrected chi connectivity index (χ3v) is 2.81. The summed E-state index contributed by atoms with van der Waals surface area (Å²) in [6, 6.07) is 3.05. The van der Waals surface area contributed by atoms with E-state index in [9.17, 15) is 13.2 Å². The van der Waals surface area contributed by atoms with Crippen molar-refractivity contribution >= 4 is 28.9 Å². The molecule has 0 amide bonds. The van der Waals surface area contributed by atoms with Crippen LogP contribution in [-0.4, -0.2) is 19.4 Å². The molecule has 3 aromatic heterocycles. The monoisotopic (exact) mass is 313 g/mol. The van der Waals surface area contributed by atoms with E-state index in [1.807, 2.05) is 0 Å². The molecular formula is C12H7ClF3N5. The number of hydrogen-bond acceptors (Lipinski definition) is 4. The molecule has 0 saturated carbocycles. The van der Waals surface area contributed by atoms with E-state index in [4.69, 9.17) is 11.6 Å². The number of imidazole rings is 1. The van der Waals surface area contributed by atoms with Crippen LogP contribution in [0.2, 0.25) is 5.02 Å². The van der Waals surface area contributed by atoms with E-state index in [2.05, 4.69) is 20.3 Å². The summed E-state index contributed by atoms with van der Waals surface area (Å²) in [6.07, 6.45) is 0.737. The Balaban J connectivity index is 1.92. The molecule has 3 rings (SSSR count). The molecule has 0 aliphatic rings. The smallest absolute Gasteiger partial charge is 0.323 e. The van der Waals surface area contributed by atoms with Crippen molar-refractivity contribution < 1.29 is 13.2 Å². The second-order valence-electron chi connectivity index (χ2n) is 4.16. The van der Waals surface area contributed by atoms with Crippen LogP contribution in [0.25, 0.3) is 5.65 Å². The number of anilines is 2. The molecule has 0 aliphatic heterocycles. The van der Waals surface area contributed by atoms with Gasteiger partial charge < -0.3 is 9.72 Å². The zero-order valence-electron chi connectivity index (χ0n) is 10.3. The Bertz CT molecular complexity index is 782. The van der Waals surface area contributed by atoms with Crippen molar-refractivity contribution in [1.29, 1.82) is 0 Å². The predicted octanol–water partition coefficient (Wildman–Crippen LogP) is 3.54. The van der Waals surface area contributed by atoms with Crippen molar-refractivity contribution in [1.82, 2.24) is 19.4 Å². The van der Waals surface area contributed by atoms with E-state index >= 15 is 0 Å². The topological polar surface area (TPSA) is 55.1 Å². The summed E-state index contributed by atoms with van der Waals surface area (Å²) in [4.78, 5) is 11.4. The maximum Gasteiger partial charge on any atom is 0.434 e. The molecule has 3 heterocycles. The molecule has 0 aromatic carbocycles. The van der Waals surface area contributed by atoms with Gasteiger partial charge in [-0.3, -0.25) is 0 Å². The van der Waals surface area contributed by atoms with Crippen molar-refractivity contribution in [2.24, 2.45) is 0 Å². The molecule has 0 unspecified atom stereocenters. The lowest BCUT2D eigenvalue weighted by atomic mass is 10.4. The second kappa shape index (κ2) is 4.88. The Morgan fingerprint density at radius 1 is 1.10 bits per heavy atom. The summed E-state index contributed by atoms with van der Waals surface area (Å²) in [5.41, 5.74) is -0.219.